The van der Waals surface area contributed by atoms with Crippen LogP contribution in [0.4, 0.5) is 5.69 Å². The Bertz CT molecular complexity index is 508. The number of nitrogens with two attached hydrogens (primary N) is 1. The lowest BCUT2D eigenvalue weighted by Crippen LogP contribution is -2.49. The first-order chi connectivity index (χ1) is 11.1. The summed E-state index contributed by atoms with van der Waals surface area (Å²) in [5.74, 6) is 0.635. The molecule has 4 nitrogen and oxygen atoms in total. The van der Waals surface area contributed by atoms with Gasteiger partial charge in [-0.05, 0) is 51.4 Å². The summed E-state index contributed by atoms with van der Waals surface area (Å²) in [7, 11) is 2.24. The van der Waals surface area contributed by atoms with Crippen LogP contribution in [-0.2, 0) is 0 Å². The molecular weight excluding hydrogens is 284 g/mol. The second kappa shape index (κ2) is 7.20. The van der Waals surface area contributed by atoms with Gasteiger partial charge in [0.25, 0.3) is 0 Å². The molecule has 0 radical (unpaired) electrons. The quantitative estimate of drug-likeness (QED) is 0.923. The Morgan fingerprint density at radius 3 is 2.43 bits per heavy atom. The molecular formula is C19H32N4. The summed E-state index contributed by atoms with van der Waals surface area (Å²) in [5, 5.41) is 0. The summed E-state index contributed by atoms with van der Waals surface area (Å²) in [6.45, 7) is 11.1. The van der Waals surface area contributed by atoms with E-state index in [0.29, 0.717) is 18.0 Å². The predicted octanol–water partition coefficient (Wildman–Crippen LogP) is 2.17. The van der Waals surface area contributed by atoms with E-state index >= 15 is 0 Å². The molecule has 0 aliphatic carbocycles. The molecule has 4 heteroatoms. The van der Waals surface area contributed by atoms with Crippen LogP contribution in [0.25, 0.3) is 0 Å². The fourth-order valence-corrected chi connectivity index (χ4v) is 4.18. The van der Waals surface area contributed by atoms with E-state index in [4.69, 9.17) is 5.73 Å². The number of nitrogens with zero attached hydrogens (tertiary/aromatic N) is 3. The standard InChI is InChI=1S/C19H32N4/c1-15(2)22-8-10-23(11-9-22)18-7-5-4-6-17(18)19-12-16(13-20)14-21(19)3/h4-7,15-16,19H,8-14,20H2,1-3H3. The van der Waals surface area contributed by atoms with Crippen LogP contribution in [0.15, 0.2) is 24.3 Å². The van der Waals surface area contributed by atoms with Crippen molar-refractivity contribution < 1.29 is 0 Å². The normalized spacial score (nSPS) is 27.1. The van der Waals surface area contributed by atoms with Gasteiger partial charge in [0.05, 0.1) is 0 Å². The molecule has 2 unspecified atom stereocenters. The van der Waals surface area contributed by atoms with E-state index in [0.717, 1.165) is 39.3 Å². The minimum absolute atomic E-state index is 0.517. The second-order valence-electron chi connectivity index (χ2n) is 7.47. The molecule has 0 aromatic heterocycles. The zero-order valence-electron chi connectivity index (χ0n) is 14.9. The number of likely N-dealkylation sites (tertiary alicyclic amines) is 1. The van der Waals surface area contributed by atoms with Crippen LogP contribution in [-0.4, -0.2) is 62.2 Å². The van der Waals surface area contributed by atoms with Gasteiger partial charge in [0.2, 0.25) is 0 Å². The maximum absolute atomic E-state index is 5.92. The molecule has 1 aromatic carbocycles. The van der Waals surface area contributed by atoms with E-state index < -0.39 is 0 Å². The van der Waals surface area contributed by atoms with Crippen LogP contribution in [0.5, 0.6) is 0 Å². The second-order valence-corrected chi connectivity index (χ2v) is 7.47. The highest BCUT2D eigenvalue weighted by Crippen LogP contribution is 2.38. The van der Waals surface area contributed by atoms with E-state index in [9.17, 15) is 0 Å². The third-order valence-electron chi connectivity index (χ3n) is 5.65. The van der Waals surface area contributed by atoms with Gasteiger partial charge in [-0.25, -0.2) is 0 Å². The van der Waals surface area contributed by atoms with Gasteiger partial charge < -0.3 is 10.6 Å². The minimum Gasteiger partial charge on any atom is -0.369 e. The highest BCUT2D eigenvalue weighted by molar-refractivity contribution is 5.55. The number of piperazine rings is 1. The van der Waals surface area contributed by atoms with Crippen LogP contribution < -0.4 is 10.6 Å². The van der Waals surface area contributed by atoms with Crippen LogP contribution in [0.2, 0.25) is 0 Å². The van der Waals surface area contributed by atoms with Crippen molar-refractivity contribution in [3.05, 3.63) is 29.8 Å². The van der Waals surface area contributed by atoms with Crippen LogP contribution in [0, 0.1) is 5.92 Å². The number of hydrogen-bond acceptors (Lipinski definition) is 4. The van der Waals surface area contributed by atoms with E-state index in [2.05, 4.69) is 59.9 Å². The molecule has 0 saturated carbocycles. The molecule has 2 saturated heterocycles. The molecule has 2 N–H and O–H groups in total. The SMILES string of the molecule is CC(C)N1CCN(c2ccccc2C2CC(CN)CN2C)CC1. The van der Waals surface area contributed by atoms with Crippen molar-refractivity contribution in [3.8, 4) is 0 Å². The highest BCUT2D eigenvalue weighted by Gasteiger charge is 2.32. The van der Waals surface area contributed by atoms with Gasteiger partial charge in [0, 0.05) is 50.5 Å². The van der Waals surface area contributed by atoms with Crippen LogP contribution in [0.3, 0.4) is 0 Å². The summed E-state index contributed by atoms with van der Waals surface area (Å²) in [6, 6.07) is 10.2. The first-order valence-electron chi connectivity index (χ1n) is 9.08. The van der Waals surface area contributed by atoms with Crippen molar-refractivity contribution in [2.24, 2.45) is 11.7 Å². The molecule has 3 rings (SSSR count). The van der Waals surface area contributed by atoms with Gasteiger partial charge in [-0.2, -0.15) is 0 Å². The monoisotopic (exact) mass is 316 g/mol. The van der Waals surface area contributed by atoms with Crippen molar-refractivity contribution in [1.29, 1.82) is 0 Å². The van der Waals surface area contributed by atoms with Crippen molar-refractivity contribution in [1.82, 2.24) is 9.80 Å². The average Bonchev–Trinajstić information content (AvgIpc) is 2.96. The third-order valence-corrected chi connectivity index (χ3v) is 5.65. The third kappa shape index (κ3) is 3.54. The van der Waals surface area contributed by atoms with E-state index in [1.54, 1.807) is 0 Å². The summed E-state index contributed by atoms with van der Waals surface area (Å²) < 4.78 is 0. The molecule has 2 aliphatic heterocycles. The summed E-state index contributed by atoms with van der Waals surface area (Å²) >= 11 is 0. The molecule has 0 amide bonds. The van der Waals surface area contributed by atoms with Crippen molar-refractivity contribution >= 4 is 5.69 Å². The Hall–Kier alpha value is -1.10. The lowest BCUT2D eigenvalue weighted by molar-refractivity contribution is 0.209. The molecule has 0 bridgehead atoms. The molecule has 0 spiro atoms. The molecule has 2 aliphatic rings. The van der Waals surface area contributed by atoms with E-state index in [1.807, 2.05) is 0 Å². The highest BCUT2D eigenvalue weighted by atomic mass is 15.3. The largest absolute Gasteiger partial charge is 0.369 e. The lowest BCUT2D eigenvalue weighted by atomic mass is 9.97. The van der Waals surface area contributed by atoms with E-state index in [-0.39, 0.29) is 0 Å². The topological polar surface area (TPSA) is 35.7 Å². The first-order valence-corrected chi connectivity index (χ1v) is 9.08. The average molecular weight is 316 g/mol. The molecule has 2 fully saturated rings. The van der Waals surface area contributed by atoms with Gasteiger partial charge in [0.1, 0.15) is 0 Å². The smallest absolute Gasteiger partial charge is 0.0415 e. The Morgan fingerprint density at radius 2 is 1.83 bits per heavy atom. The number of para-hydroxylation sites is 1. The van der Waals surface area contributed by atoms with E-state index in [1.165, 1.54) is 17.7 Å². The van der Waals surface area contributed by atoms with Crippen LogP contribution >= 0.6 is 0 Å². The summed E-state index contributed by atoms with van der Waals surface area (Å²) in [6.07, 6.45) is 1.19. The number of anilines is 1. The van der Waals surface area contributed by atoms with Crippen LogP contribution in [0.1, 0.15) is 31.9 Å². The van der Waals surface area contributed by atoms with Gasteiger partial charge in [-0.1, -0.05) is 18.2 Å². The molecule has 23 heavy (non-hydrogen) atoms. The predicted molar refractivity (Wildman–Crippen MR) is 97.9 cm³/mol. The van der Waals surface area contributed by atoms with Crippen molar-refractivity contribution in [2.45, 2.75) is 32.4 Å². The molecule has 2 atom stereocenters. The number of rotatable bonds is 4. The molecule has 2 heterocycles. The lowest BCUT2D eigenvalue weighted by Gasteiger charge is -2.39. The maximum Gasteiger partial charge on any atom is 0.0415 e. The van der Waals surface area contributed by atoms with Gasteiger partial charge >= 0.3 is 0 Å². The van der Waals surface area contributed by atoms with Crippen molar-refractivity contribution in [2.75, 3.05) is 51.2 Å². The summed E-state index contributed by atoms with van der Waals surface area (Å²) in [4.78, 5) is 7.64. The molecule has 1 aromatic rings. The Balaban J connectivity index is 1.77. The summed E-state index contributed by atoms with van der Waals surface area (Å²) in [5.41, 5.74) is 8.84. The molecule has 128 valence electrons. The number of benzene rings is 1. The zero-order valence-corrected chi connectivity index (χ0v) is 14.9. The Morgan fingerprint density at radius 1 is 1.13 bits per heavy atom. The minimum atomic E-state index is 0.517. The van der Waals surface area contributed by atoms with Gasteiger partial charge in [-0.15, -0.1) is 0 Å². The zero-order chi connectivity index (χ0) is 16.4. The number of hydrogen-bond donors (Lipinski definition) is 1. The van der Waals surface area contributed by atoms with Crippen molar-refractivity contribution in [3.63, 3.8) is 0 Å². The van der Waals surface area contributed by atoms with Gasteiger partial charge in [-0.3, -0.25) is 9.80 Å². The fraction of sp³-hybridized carbons (Fsp3) is 0.684. The maximum atomic E-state index is 5.92. The fourth-order valence-electron chi connectivity index (χ4n) is 4.18. The Labute approximate surface area is 141 Å². The van der Waals surface area contributed by atoms with Gasteiger partial charge in [0.15, 0.2) is 0 Å². The first kappa shape index (κ1) is 16.7. The Kier molecular flexibility index (Phi) is 5.24.